The monoisotopic (exact) mass is 1030 g/mol. The van der Waals surface area contributed by atoms with Gasteiger partial charge in [-0.25, -0.2) is 0 Å². The molecule has 0 aliphatic carbocycles. The molecule has 0 unspecified atom stereocenters. The Balaban J connectivity index is 6.20. The first-order valence-electron chi connectivity index (χ1n) is 31.4. The Hall–Kier alpha value is -2.73. The summed E-state index contributed by atoms with van der Waals surface area (Å²) in [5.41, 5.74) is 5.70. The number of rotatable bonds is 57. The van der Waals surface area contributed by atoms with Gasteiger partial charge in [0.2, 0.25) is 29.5 Å². The number of carbonyl (C=O) groups is 5. The van der Waals surface area contributed by atoms with Gasteiger partial charge >= 0.3 is 0 Å². The van der Waals surface area contributed by atoms with Crippen LogP contribution in [0.15, 0.2) is 0 Å². The summed E-state index contributed by atoms with van der Waals surface area (Å²) < 4.78 is 0. The Morgan fingerprint density at radius 2 is 0.534 bits per heavy atom. The molecule has 0 aromatic carbocycles. The molecule has 0 fully saturated rings. The standard InChI is InChI=1S/C61H120N6O6/c1-5-9-13-17-21-25-29-33-37-41-47-64(53-57(62)69)59(71)55-66(49-43-39-35-31-27-23-19-15-11-7-3)61(73)56-67(50-44-40-36-32-28-24-20-16-12-8-4)60(72)54-65(58(70)52-63-46-45-51-68)48-42-38-34-30-26-22-18-14-10-6-2/h63,68H,5-56H2,1-4H3,(H2,62,69). The highest BCUT2D eigenvalue weighted by atomic mass is 16.3. The van der Waals surface area contributed by atoms with Crippen molar-refractivity contribution in [3.63, 3.8) is 0 Å². The van der Waals surface area contributed by atoms with Crippen LogP contribution in [-0.2, 0) is 24.0 Å². The van der Waals surface area contributed by atoms with E-state index in [0.717, 1.165) is 96.3 Å². The number of nitrogens with two attached hydrogens (primary N) is 1. The van der Waals surface area contributed by atoms with Gasteiger partial charge in [0.25, 0.3) is 0 Å². The second-order valence-electron chi connectivity index (χ2n) is 21.7. The SMILES string of the molecule is CCCCCCCCCCCCN(CC(N)=O)C(=O)CN(CCCCCCCCCCCC)C(=O)CN(CCCCCCCCCCCC)C(=O)CN(CCCCCCCCCCCC)C(=O)CNCCCO. The molecule has 0 heterocycles. The number of unbranched alkanes of at least 4 members (excludes halogenated alkanes) is 36. The van der Waals surface area contributed by atoms with Crippen LogP contribution in [0.3, 0.4) is 0 Å². The number of nitrogens with zero attached hydrogens (tertiary/aromatic N) is 4. The summed E-state index contributed by atoms with van der Waals surface area (Å²) in [6.45, 7) is 10.7. The number of primary amides is 1. The van der Waals surface area contributed by atoms with Gasteiger partial charge in [-0.1, -0.05) is 259 Å². The molecule has 73 heavy (non-hydrogen) atoms. The molecule has 12 heteroatoms. The average Bonchev–Trinajstić information content (AvgIpc) is 3.37. The number of carbonyl (C=O) groups excluding carboxylic acids is 5. The Morgan fingerprint density at radius 3 is 0.767 bits per heavy atom. The minimum absolute atomic E-state index is 0.0360. The van der Waals surface area contributed by atoms with Gasteiger partial charge in [0.05, 0.1) is 32.7 Å². The largest absolute Gasteiger partial charge is 0.396 e. The summed E-state index contributed by atoms with van der Waals surface area (Å²) in [4.78, 5) is 75.7. The van der Waals surface area contributed by atoms with Crippen molar-refractivity contribution >= 4 is 29.5 Å². The van der Waals surface area contributed by atoms with Crippen molar-refractivity contribution in [1.82, 2.24) is 24.9 Å². The lowest BCUT2D eigenvalue weighted by atomic mass is 10.1. The Bertz CT molecular complexity index is 1290. The van der Waals surface area contributed by atoms with Crippen LogP contribution >= 0.6 is 0 Å². The van der Waals surface area contributed by atoms with Crippen molar-refractivity contribution < 1.29 is 29.1 Å². The van der Waals surface area contributed by atoms with Gasteiger partial charge in [-0.15, -0.1) is 0 Å². The average molecular weight is 1030 g/mol. The van der Waals surface area contributed by atoms with Crippen LogP contribution < -0.4 is 11.1 Å². The van der Waals surface area contributed by atoms with E-state index < -0.39 is 5.91 Å². The smallest absolute Gasteiger partial charge is 0.242 e. The third kappa shape index (κ3) is 45.2. The third-order valence-electron chi connectivity index (χ3n) is 14.7. The lowest BCUT2D eigenvalue weighted by Crippen LogP contribution is -2.51. The number of hydrogen-bond donors (Lipinski definition) is 3. The fourth-order valence-electron chi connectivity index (χ4n) is 9.82. The van der Waals surface area contributed by atoms with Gasteiger partial charge < -0.3 is 35.8 Å². The lowest BCUT2D eigenvalue weighted by Gasteiger charge is -2.31. The van der Waals surface area contributed by atoms with Crippen molar-refractivity contribution in [2.75, 3.05) is 72.1 Å². The topological polar surface area (TPSA) is 157 Å². The summed E-state index contributed by atoms with van der Waals surface area (Å²) in [6, 6.07) is 0. The minimum Gasteiger partial charge on any atom is -0.396 e. The van der Waals surface area contributed by atoms with Gasteiger partial charge in [0.1, 0.15) is 0 Å². The highest BCUT2D eigenvalue weighted by Crippen LogP contribution is 2.16. The van der Waals surface area contributed by atoms with Gasteiger partial charge in [-0.2, -0.15) is 0 Å². The van der Waals surface area contributed by atoms with Crippen LogP contribution in [0, 0.1) is 0 Å². The van der Waals surface area contributed by atoms with Crippen molar-refractivity contribution in [2.45, 2.75) is 291 Å². The van der Waals surface area contributed by atoms with Crippen LogP contribution in [0.25, 0.3) is 0 Å². The first kappa shape index (κ1) is 70.3. The van der Waals surface area contributed by atoms with Gasteiger partial charge in [0.15, 0.2) is 0 Å². The van der Waals surface area contributed by atoms with Crippen molar-refractivity contribution in [2.24, 2.45) is 5.73 Å². The van der Waals surface area contributed by atoms with Crippen LogP contribution in [0.2, 0.25) is 0 Å². The van der Waals surface area contributed by atoms with E-state index in [1.807, 2.05) is 0 Å². The first-order chi connectivity index (χ1) is 35.6. The predicted octanol–water partition coefficient (Wildman–Crippen LogP) is 13.4. The van der Waals surface area contributed by atoms with E-state index in [1.54, 1.807) is 14.7 Å². The Morgan fingerprint density at radius 1 is 0.315 bits per heavy atom. The molecule has 12 nitrogen and oxygen atoms in total. The molecular formula is C61H120N6O6. The summed E-state index contributed by atoms with van der Waals surface area (Å²) >= 11 is 0. The van der Waals surface area contributed by atoms with Crippen LogP contribution in [0.5, 0.6) is 0 Å². The molecule has 0 saturated carbocycles. The lowest BCUT2D eigenvalue weighted by molar-refractivity contribution is -0.146. The first-order valence-corrected chi connectivity index (χ1v) is 31.4. The highest BCUT2D eigenvalue weighted by molar-refractivity contribution is 5.91. The Kier molecular flexibility index (Phi) is 52.1. The van der Waals surface area contributed by atoms with Gasteiger partial charge in [0, 0.05) is 32.8 Å². The molecule has 0 rings (SSSR count). The van der Waals surface area contributed by atoms with Crippen LogP contribution in [0.4, 0.5) is 0 Å². The second kappa shape index (κ2) is 54.1. The van der Waals surface area contributed by atoms with Crippen molar-refractivity contribution in [3.05, 3.63) is 0 Å². The minimum atomic E-state index is -0.568. The molecule has 0 aromatic heterocycles. The maximum atomic E-state index is 14.6. The maximum absolute atomic E-state index is 14.6. The molecule has 5 amide bonds. The number of nitrogens with one attached hydrogen (secondary N) is 1. The second-order valence-corrected chi connectivity index (χ2v) is 21.7. The van der Waals surface area contributed by atoms with Crippen molar-refractivity contribution in [3.8, 4) is 0 Å². The quantitative estimate of drug-likeness (QED) is 0.0512. The van der Waals surface area contributed by atoms with E-state index in [1.165, 1.54) is 165 Å². The third-order valence-corrected chi connectivity index (χ3v) is 14.7. The predicted molar refractivity (Wildman–Crippen MR) is 307 cm³/mol. The fourth-order valence-corrected chi connectivity index (χ4v) is 9.82. The summed E-state index contributed by atoms with van der Waals surface area (Å²) in [5.74, 6) is -1.54. The van der Waals surface area contributed by atoms with Gasteiger partial charge in [-0.3, -0.25) is 24.0 Å². The van der Waals surface area contributed by atoms with Crippen LogP contribution in [0.1, 0.15) is 291 Å². The summed E-state index contributed by atoms with van der Waals surface area (Å²) in [5, 5.41) is 12.5. The molecule has 0 aliphatic heterocycles. The van der Waals surface area contributed by atoms with E-state index in [2.05, 4.69) is 33.0 Å². The number of hydrogen-bond acceptors (Lipinski definition) is 7. The van der Waals surface area contributed by atoms with Crippen LogP contribution in [-0.4, -0.2) is 126 Å². The zero-order valence-electron chi connectivity index (χ0n) is 48.6. The van der Waals surface area contributed by atoms with E-state index >= 15 is 0 Å². The molecule has 430 valence electrons. The van der Waals surface area contributed by atoms with E-state index in [-0.39, 0.29) is 63.0 Å². The molecule has 0 aromatic rings. The van der Waals surface area contributed by atoms with E-state index in [9.17, 15) is 29.1 Å². The normalized spacial score (nSPS) is 11.3. The molecule has 0 saturated heterocycles. The highest BCUT2D eigenvalue weighted by Gasteiger charge is 2.27. The fraction of sp³-hybridized carbons (Fsp3) is 0.918. The summed E-state index contributed by atoms with van der Waals surface area (Å²) in [7, 11) is 0. The number of amides is 5. The molecule has 0 spiro atoms. The zero-order chi connectivity index (χ0) is 53.7. The molecule has 0 aliphatic rings. The molecule has 0 bridgehead atoms. The molecule has 0 atom stereocenters. The van der Waals surface area contributed by atoms with E-state index in [0.29, 0.717) is 39.1 Å². The number of aliphatic hydroxyl groups excluding tert-OH is 1. The zero-order valence-corrected chi connectivity index (χ0v) is 48.6. The Labute approximate surface area is 450 Å². The molecular weight excluding hydrogens is 913 g/mol. The number of aliphatic hydroxyl groups is 1. The van der Waals surface area contributed by atoms with Gasteiger partial charge in [-0.05, 0) is 38.6 Å². The van der Waals surface area contributed by atoms with Crippen molar-refractivity contribution in [1.29, 1.82) is 0 Å². The molecule has 0 radical (unpaired) electrons. The summed E-state index contributed by atoms with van der Waals surface area (Å²) in [6.07, 6.45) is 46.8. The molecule has 4 N–H and O–H groups in total. The van der Waals surface area contributed by atoms with E-state index in [4.69, 9.17) is 5.73 Å². The maximum Gasteiger partial charge on any atom is 0.242 e.